The first-order valence-electron chi connectivity index (χ1n) is 7.18. The summed E-state index contributed by atoms with van der Waals surface area (Å²) in [4.78, 5) is 24.6. The van der Waals surface area contributed by atoms with Crippen LogP contribution >= 0.6 is 11.6 Å². The Balaban J connectivity index is 1.97. The Bertz CT molecular complexity index is 938. The summed E-state index contributed by atoms with van der Waals surface area (Å²) < 4.78 is 2.74. The van der Waals surface area contributed by atoms with Crippen LogP contribution in [0.4, 0.5) is 0 Å². The van der Waals surface area contributed by atoms with E-state index in [1.54, 1.807) is 36.7 Å². The molecule has 0 bridgehead atoms. The zero-order valence-corrected chi connectivity index (χ0v) is 13.3. The smallest absolute Gasteiger partial charge is 0.305 e. The van der Waals surface area contributed by atoms with Crippen molar-refractivity contribution in [3.8, 4) is 5.69 Å². The largest absolute Gasteiger partial charge is 0.320 e. The molecule has 0 fully saturated rings. The molecule has 1 aromatic heterocycles. The number of rotatable bonds is 3. The van der Waals surface area contributed by atoms with Gasteiger partial charge in [-0.1, -0.05) is 41.4 Å². The number of aromatic nitrogens is 2. The third kappa shape index (κ3) is 3.27. The van der Waals surface area contributed by atoms with Crippen molar-refractivity contribution in [3.05, 3.63) is 97.8 Å². The van der Waals surface area contributed by atoms with E-state index in [9.17, 15) is 9.59 Å². The molecule has 0 spiro atoms. The highest BCUT2D eigenvalue weighted by molar-refractivity contribution is 6.30. The Labute approximate surface area is 138 Å². The summed E-state index contributed by atoms with van der Waals surface area (Å²) in [6.07, 6.45) is 3.22. The van der Waals surface area contributed by atoms with Crippen LogP contribution in [0.2, 0.25) is 5.02 Å². The lowest BCUT2D eigenvalue weighted by molar-refractivity contribution is 0.718. The van der Waals surface area contributed by atoms with E-state index in [0.29, 0.717) is 17.3 Å². The Morgan fingerprint density at radius 1 is 0.870 bits per heavy atom. The topological polar surface area (TPSA) is 44.0 Å². The molecule has 1 heterocycles. The van der Waals surface area contributed by atoms with E-state index in [-0.39, 0.29) is 0 Å². The van der Waals surface area contributed by atoms with Crippen molar-refractivity contribution in [1.82, 2.24) is 9.13 Å². The first-order chi connectivity index (χ1) is 11.0. The van der Waals surface area contributed by atoms with E-state index in [0.717, 1.165) is 11.1 Å². The first kappa shape index (κ1) is 15.3. The maximum absolute atomic E-state index is 12.3. The van der Waals surface area contributed by atoms with Crippen LogP contribution in [0.1, 0.15) is 11.1 Å². The molecule has 116 valence electrons. The summed E-state index contributed by atoms with van der Waals surface area (Å²) >= 11 is 5.84. The molecule has 23 heavy (non-hydrogen) atoms. The molecule has 0 saturated heterocycles. The number of aryl methyl sites for hydroxylation is 1. The van der Waals surface area contributed by atoms with Crippen molar-refractivity contribution < 1.29 is 0 Å². The van der Waals surface area contributed by atoms with E-state index in [4.69, 9.17) is 11.6 Å². The van der Waals surface area contributed by atoms with E-state index < -0.39 is 11.1 Å². The number of nitrogens with zero attached hydrogens (tertiary/aromatic N) is 2. The van der Waals surface area contributed by atoms with Gasteiger partial charge in [0, 0.05) is 23.1 Å². The van der Waals surface area contributed by atoms with E-state index in [1.165, 1.54) is 9.13 Å². The van der Waals surface area contributed by atoms with Gasteiger partial charge in [0.1, 0.15) is 0 Å². The Morgan fingerprint density at radius 2 is 1.52 bits per heavy atom. The summed E-state index contributed by atoms with van der Waals surface area (Å²) in [5, 5.41) is 0.578. The zero-order chi connectivity index (χ0) is 16.4. The molecule has 0 radical (unpaired) electrons. The fraction of sp³-hybridized carbons (Fsp3) is 0.111. The highest BCUT2D eigenvalue weighted by Gasteiger charge is 2.07. The second-order valence-corrected chi connectivity index (χ2v) is 5.80. The summed E-state index contributed by atoms with van der Waals surface area (Å²) in [5.74, 6) is 0. The first-order valence-corrected chi connectivity index (χ1v) is 7.56. The quantitative estimate of drug-likeness (QED) is 0.694. The molecule has 5 heteroatoms. The van der Waals surface area contributed by atoms with Gasteiger partial charge < -0.3 is 4.57 Å². The van der Waals surface area contributed by atoms with Crippen LogP contribution in [0.5, 0.6) is 0 Å². The third-order valence-electron chi connectivity index (χ3n) is 3.64. The molecule has 2 aromatic carbocycles. The molecule has 0 aliphatic rings. The molecule has 0 amide bonds. The normalized spacial score (nSPS) is 10.7. The maximum Gasteiger partial charge on any atom is 0.320 e. The monoisotopic (exact) mass is 326 g/mol. The van der Waals surface area contributed by atoms with Gasteiger partial charge in [-0.2, -0.15) is 0 Å². The van der Waals surface area contributed by atoms with Gasteiger partial charge in [-0.05, 0) is 36.8 Å². The fourth-order valence-electron chi connectivity index (χ4n) is 2.33. The fourth-order valence-corrected chi connectivity index (χ4v) is 2.45. The lowest BCUT2D eigenvalue weighted by Gasteiger charge is -2.09. The summed E-state index contributed by atoms with van der Waals surface area (Å²) in [7, 11) is 0. The summed E-state index contributed by atoms with van der Waals surface area (Å²) in [6, 6.07) is 14.6. The van der Waals surface area contributed by atoms with Crippen molar-refractivity contribution in [1.29, 1.82) is 0 Å². The molecule has 0 atom stereocenters. The van der Waals surface area contributed by atoms with Crippen LogP contribution in [-0.2, 0) is 6.54 Å². The predicted molar refractivity (Wildman–Crippen MR) is 91.6 cm³/mol. The molecular weight excluding hydrogens is 312 g/mol. The van der Waals surface area contributed by atoms with Gasteiger partial charge in [-0.3, -0.25) is 14.2 Å². The highest BCUT2D eigenvalue weighted by atomic mass is 35.5. The Morgan fingerprint density at radius 3 is 2.17 bits per heavy atom. The lowest BCUT2D eigenvalue weighted by atomic mass is 10.1. The molecule has 0 N–H and O–H groups in total. The van der Waals surface area contributed by atoms with E-state index in [2.05, 4.69) is 0 Å². The van der Waals surface area contributed by atoms with E-state index in [1.807, 2.05) is 31.2 Å². The number of halogens is 1. The second-order valence-electron chi connectivity index (χ2n) is 5.37. The molecule has 0 saturated carbocycles. The summed E-state index contributed by atoms with van der Waals surface area (Å²) in [5.41, 5.74) is 1.60. The predicted octanol–water partition coefficient (Wildman–Crippen LogP) is 3.01. The van der Waals surface area contributed by atoms with Crippen LogP contribution < -0.4 is 11.1 Å². The molecule has 4 nitrogen and oxygen atoms in total. The SMILES string of the molecule is Cc1ccc(Cn2ccn(-c3ccc(Cl)cc3)c(=O)c2=O)cc1. The lowest BCUT2D eigenvalue weighted by Crippen LogP contribution is -2.40. The highest BCUT2D eigenvalue weighted by Crippen LogP contribution is 2.11. The minimum Gasteiger partial charge on any atom is -0.305 e. The van der Waals surface area contributed by atoms with Crippen LogP contribution in [0.15, 0.2) is 70.5 Å². The Hall–Kier alpha value is -2.59. The molecule has 3 rings (SSSR count). The number of hydrogen-bond donors (Lipinski definition) is 0. The van der Waals surface area contributed by atoms with Gasteiger partial charge >= 0.3 is 11.1 Å². The van der Waals surface area contributed by atoms with Crippen LogP contribution in [0.3, 0.4) is 0 Å². The van der Waals surface area contributed by atoms with Gasteiger partial charge in [0.25, 0.3) is 0 Å². The van der Waals surface area contributed by atoms with Gasteiger partial charge in [-0.15, -0.1) is 0 Å². The third-order valence-corrected chi connectivity index (χ3v) is 3.89. The standard InChI is InChI=1S/C18H15ClN2O2/c1-13-2-4-14(5-3-13)12-20-10-11-21(18(23)17(20)22)16-8-6-15(19)7-9-16/h2-11H,12H2,1H3. The minimum atomic E-state index is -0.582. The van der Waals surface area contributed by atoms with Gasteiger partial charge in [0.2, 0.25) is 0 Å². The molecule has 0 aliphatic heterocycles. The van der Waals surface area contributed by atoms with Crippen molar-refractivity contribution in [2.75, 3.05) is 0 Å². The number of benzene rings is 2. The average molecular weight is 327 g/mol. The average Bonchev–Trinajstić information content (AvgIpc) is 2.55. The van der Waals surface area contributed by atoms with Crippen LogP contribution in [0.25, 0.3) is 5.69 Å². The van der Waals surface area contributed by atoms with Gasteiger partial charge in [0.05, 0.1) is 6.54 Å². The molecule has 0 aliphatic carbocycles. The minimum absolute atomic E-state index is 0.371. The van der Waals surface area contributed by atoms with Crippen molar-refractivity contribution >= 4 is 11.6 Å². The zero-order valence-electron chi connectivity index (χ0n) is 12.6. The van der Waals surface area contributed by atoms with Crippen molar-refractivity contribution in [2.24, 2.45) is 0 Å². The van der Waals surface area contributed by atoms with Gasteiger partial charge in [-0.25, -0.2) is 0 Å². The van der Waals surface area contributed by atoms with Crippen molar-refractivity contribution in [3.63, 3.8) is 0 Å². The van der Waals surface area contributed by atoms with Gasteiger partial charge in [0.15, 0.2) is 0 Å². The maximum atomic E-state index is 12.3. The molecule has 0 unspecified atom stereocenters. The van der Waals surface area contributed by atoms with Crippen LogP contribution in [-0.4, -0.2) is 9.13 Å². The summed E-state index contributed by atoms with van der Waals surface area (Å²) in [6.45, 7) is 2.37. The molecule has 3 aromatic rings. The molecular formula is C18H15ClN2O2. The Kier molecular flexibility index (Phi) is 4.17. The van der Waals surface area contributed by atoms with Crippen LogP contribution in [0, 0.1) is 6.92 Å². The van der Waals surface area contributed by atoms with E-state index >= 15 is 0 Å². The van der Waals surface area contributed by atoms with Crippen molar-refractivity contribution in [2.45, 2.75) is 13.5 Å². The second kappa shape index (κ2) is 6.26. The number of hydrogen-bond acceptors (Lipinski definition) is 2.